The average Bonchev–Trinajstić information content (AvgIpc) is 2.35. The molecule has 0 aromatic heterocycles. The summed E-state index contributed by atoms with van der Waals surface area (Å²) in [6.45, 7) is 1.07. The van der Waals surface area contributed by atoms with Crippen molar-refractivity contribution in [2.45, 2.75) is 37.7 Å². The molecule has 1 heterocycles. The fourth-order valence-electron chi connectivity index (χ4n) is 4.35. The molecule has 4 fully saturated rings. The normalized spacial score (nSPS) is 42.9. The molecular formula is C13H21NO3. The first-order chi connectivity index (χ1) is 8.12. The van der Waals surface area contributed by atoms with Crippen LogP contribution in [-0.2, 0) is 9.53 Å². The lowest BCUT2D eigenvalue weighted by Gasteiger charge is -2.59. The maximum Gasteiger partial charge on any atom is 0.315 e. The van der Waals surface area contributed by atoms with Crippen molar-refractivity contribution in [1.29, 1.82) is 0 Å². The van der Waals surface area contributed by atoms with Gasteiger partial charge in [-0.25, -0.2) is 0 Å². The van der Waals surface area contributed by atoms with E-state index in [1.54, 1.807) is 0 Å². The summed E-state index contributed by atoms with van der Waals surface area (Å²) in [5.41, 5.74) is -1.50. The van der Waals surface area contributed by atoms with E-state index in [9.17, 15) is 9.90 Å². The summed E-state index contributed by atoms with van der Waals surface area (Å²) in [6.07, 6.45) is 5.40. The van der Waals surface area contributed by atoms with Gasteiger partial charge in [-0.2, -0.15) is 0 Å². The van der Waals surface area contributed by atoms with E-state index in [-0.39, 0.29) is 5.97 Å². The Morgan fingerprint density at radius 2 is 1.94 bits per heavy atom. The van der Waals surface area contributed by atoms with E-state index in [4.69, 9.17) is 4.74 Å². The molecule has 0 spiro atoms. The molecule has 0 aromatic carbocycles. The highest BCUT2D eigenvalue weighted by molar-refractivity contribution is 5.79. The summed E-state index contributed by atoms with van der Waals surface area (Å²) < 4.78 is 5.04. The molecule has 0 radical (unpaired) electrons. The second kappa shape index (κ2) is 3.69. The van der Waals surface area contributed by atoms with Gasteiger partial charge >= 0.3 is 5.97 Å². The van der Waals surface area contributed by atoms with Crippen molar-refractivity contribution in [3.8, 4) is 0 Å². The highest BCUT2D eigenvalue weighted by Crippen LogP contribution is 2.58. The third kappa shape index (κ3) is 1.34. The Morgan fingerprint density at radius 1 is 1.29 bits per heavy atom. The second-order valence-electron chi connectivity index (χ2n) is 6.02. The maximum absolute atomic E-state index is 12.3. The van der Waals surface area contributed by atoms with Gasteiger partial charge in [0.2, 0.25) is 0 Å². The molecule has 2 N–H and O–H groups in total. The lowest BCUT2D eigenvalue weighted by atomic mass is 9.49. The number of fused-ring (bicyclic) bond motifs is 3. The molecule has 2 bridgehead atoms. The Kier molecular flexibility index (Phi) is 2.49. The summed E-state index contributed by atoms with van der Waals surface area (Å²) in [5.74, 6) is 0.728. The number of carbonyl (C=O) groups is 1. The van der Waals surface area contributed by atoms with E-state index in [2.05, 4.69) is 5.32 Å². The highest BCUT2D eigenvalue weighted by Gasteiger charge is 2.66. The van der Waals surface area contributed by atoms with Crippen LogP contribution in [0.25, 0.3) is 0 Å². The van der Waals surface area contributed by atoms with E-state index in [1.165, 1.54) is 20.0 Å². The topological polar surface area (TPSA) is 58.6 Å². The Bertz CT molecular complexity index is 332. The minimum absolute atomic E-state index is 0.184. The predicted molar refractivity (Wildman–Crippen MR) is 62.3 cm³/mol. The molecule has 4 heteroatoms. The second-order valence-corrected chi connectivity index (χ2v) is 6.02. The SMILES string of the molecule is COC(=O)C1(C2(O)CNC2)CC2CCC1CC2. The first kappa shape index (κ1) is 11.5. The van der Waals surface area contributed by atoms with Gasteiger partial charge in [-0.15, -0.1) is 0 Å². The third-order valence-electron chi connectivity index (χ3n) is 5.37. The van der Waals surface area contributed by atoms with Crippen LogP contribution in [-0.4, -0.2) is 36.9 Å². The zero-order chi connectivity index (χ0) is 12.1. The molecule has 0 aromatic rings. The lowest BCUT2D eigenvalue weighted by molar-refractivity contribution is -0.212. The van der Waals surface area contributed by atoms with E-state index < -0.39 is 11.0 Å². The van der Waals surface area contributed by atoms with E-state index in [1.807, 2.05) is 0 Å². The van der Waals surface area contributed by atoms with Crippen LogP contribution >= 0.6 is 0 Å². The zero-order valence-corrected chi connectivity index (χ0v) is 10.4. The number of rotatable bonds is 2. The Hall–Kier alpha value is -0.610. The molecule has 96 valence electrons. The van der Waals surface area contributed by atoms with Crippen molar-refractivity contribution >= 4 is 5.97 Å². The van der Waals surface area contributed by atoms with Gasteiger partial charge < -0.3 is 15.2 Å². The van der Waals surface area contributed by atoms with Crippen molar-refractivity contribution in [3.05, 3.63) is 0 Å². The monoisotopic (exact) mass is 239 g/mol. The van der Waals surface area contributed by atoms with Crippen LogP contribution in [0, 0.1) is 17.3 Å². The summed E-state index contributed by atoms with van der Waals surface area (Å²) in [6, 6.07) is 0. The van der Waals surface area contributed by atoms with Crippen LogP contribution < -0.4 is 5.32 Å². The number of hydrogen-bond acceptors (Lipinski definition) is 4. The van der Waals surface area contributed by atoms with Gasteiger partial charge in [0.25, 0.3) is 0 Å². The summed E-state index contributed by atoms with van der Waals surface area (Å²) in [7, 11) is 1.45. The fraction of sp³-hybridized carbons (Fsp3) is 0.923. The molecule has 1 saturated heterocycles. The van der Waals surface area contributed by atoms with E-state index in [0.717, 1.165) is 19.3 Å². The number of ether oxygens (including phenoxy) is 1. The molecule has 4 nitrogen and oxygen atoms in total. The number of carbonyl (C=O) groups excluding carboxylic acids is 1. The number of β-amino-alcohol motifs (C(OH)–C–C–N with tert-alkyl or cyclic N) is 1. The predicted octanol–water partition coefficient (Wildman–Crippen LogP) is 0.690. The van der Waals surface area contributed by atoms with Crippen molar-refractivity contribution in [3.63, 3.8) is 0 Å². The standard InChI is InChI=1S/C13H21NO3/c1-17-11(15)13(12(16)7-14-8-12)6-9-2-4-10(13)5-3-9/h9-10,14,16H,2-8H2,1H3. The number of aliphatic hydroxyl groups is 1. The zero-order valence-electron chi connectivity index (χ0n) is 10.4. The molecular weight excluding hydrogens is 218 g/mol. The van der Waals surface area contributed by atoms with Crippen LogP contribution in [0.1, 0.15) is 32.1 Å². The van der Waals surface area contributed by atoms with Gasteiger partial charge in [-0.05, 0) is 31.1 Å². The molecule has 17 heavy (non-hydrogen) atoms. The smallest absolute Gasteiger partial charge is 0.315 e. The maximum atomic E-state index is 12.3. The van der Waals surface area contributed by atoms with Crippen molar-refractivity contribution in [1.82, 2.24) is 5.32 Å². The summed E-state index contributed by atoms with van der Waals surface area (Å²) in [5, 5.41) is 13.9. The molecule has 3 aliphatic carbocycles. The highest BCUT2D eigenvalue weighted by atomic mass is 16.5. The first-order valence-electron chi connectivity index (χ1n) is 6.64. The van der Waals surface area contributed by atoms with Gasteiger partial charge in [0, 0.05) is 13.1 Å². The quantitative estimate of drug-likeness (QED) is 0.696. The van der Waals surface area contributed by atoms with Gasteiger partial charge in [-0.1, -0.05) is 12.8 Å². The Labute approximate surface area is 102 Å². The molecule has 1 unspecified atom stereocenters. The van der Waals surface area contributed by atoms with Crippen molar-refractivity contribution in [2.75, 3.05) is 20.2 Å². The molecule has 1 aliphatic heterocycles. The average molecular weight is 239 g/mol. The minimum atomic E-state index is -0.871. The molecule has 4 rings (SSSR count). The van der Waals surface area contributed by atoms with Crippen LogP contribution in [0.15, 0.2) is 0 Å². The fourth-order valence-corrected chi connectivity index (χ4v) is 4.35. The van der Waals surface area contributed by atoms with Crippen LogP contribution in [0.5, 0.6) is 0 Å². The number of methoxy groups -OCH3 is 1. The van der Waals surface area contributed by atoms with Crippen LogP contribution in [0.4, 0.5) is 0 Å². The Morgan fingerprint density at radius 3 is 2.29 bits per heavy atom. The minimum Gasteiger partial charge on any atom is -0.468 e. The van der Waals surface area contributed by atoms with Crippen molar-refractivity contribution < 1.29 is 14.6 Å². The lowest BCUT2D eigenvalue weighted by Crippen LogP contribution is -2.74. The van der Waals surface area contributed by atoms with Gasteiger partial charge in [-0.3, -0.25) is 4.79 Å². The summed E-state index contributed by atoms with van der Waals surface area (Å²) >= 11 is 0. The molecule has 4 aliphatic rings. The molecule has 0 amide bonds. The van der Waals surface area contributed by atoms with E-state index >= 15 is 0 Å². The third-order valence-corrected chi connectivity index (χ3v) is 5.37. The van der Waals surface area contributed by atoms with E-state index in [0.29, 0.717) is 24.9 Å². The summed E-state index contributed by atoms with van der Waals surface area (Å²) in [4.78, 5) is 12.3. The van der Waals surface area contributed by atoms with Gasteiger partial charge in [0.05, 0.1) is 7.11 Å². The van der Waals surface area contributed by atoms with Crippen molar-refractivity contribution in [2.24, 2.45) is 17.3 Å². The molecule has 3 saturated carbocycles. The van der Waals surface area contributed by atoms with Crippen LogP contribution in [0.3, 0.4) is 0 Å². The van der Waals surface area contributed by atoms with Crippen LogP contribution in [0.2, 0.25) is 0 Å². The van der Waals surface area contributed by atoms with Gasteiger partial charge in [0.1, 0.15) is 11.0 Å². The number of esters is 1. The van der Waals surface area contributed by atoms with Gasteiger partial charge in [0.15, 0.2) is 0 Å². The number of hydrogen-bond donors (Lipinski definition) is 2. The largest absolute Gasteiger partial charge is 0.468 e. The molecule has 1 atom stereocenters. The number of nitrogens with one attached hydrogen (secondary N) is 1. The Balaban J connectivity index is 1.99. The first-order valence-corrected chi connectivity index (χ1v) is 6.64.